The highest BCUT2D eigenvalue weighted by Gasteiger charge is 1.99. The highest BCUT2D eigenvalue weighted by atomic mass is 32.2. The maximum Gasteiger partial charge on any atom is 0.520 e. The Morgan fingerprint density at radius 1 is 1.33 bits per heavy atom. The summed E-state index contributed by atoms with van der Waals surface area (Å²) < 4.78 is 8.89. The van der Waals surface area contributed by atoms with Crippen LogP contribution in [0.1, 0.15) is 0 Å². The lowest BCUT2D eigenvalue weighted by molar-refractivity contribution is 0.150. The van der Waals surface area contributed by atoms with Crippen molar-refractivity contribution in [2.75, 3.05) is 0 Å². The van der Waals surface area contributed by atoms with Crippen LogP contribution in [0.5, 0.6) is 5.75 Å². The second kappa shape index (κ2) is 4.50. The van der Waals surface area contributed by atoms with E-state index in [-0.39, 0.29) is 0 Å². The van der Waals surface area contributed by atoms with Crippen LogP contribution in [0.3, 0.4) is 0 Å². The van der Waals surface area contributed by atoms with Gasteiger partial charge in [0.15, 0.2) is 0 Å². The first-order valence-electron chi connectivity index (χ1n) is 3.08. The second-order valence-corrected chi connectivity index (χ2v) is 2.28. The predicted octanol–water partition coefficient (Wildman–Crippen LogP) is 2.32. The van der Waals surface area contributed by atoms with Gasteiger partial charge in [-0.1, -0.05) is 18.2 Å². The van der Waals surface area contributed by atoms with E-state index in [9.17, 15) is 4.79 Å². The molecule has 0 bridgehead atoms. The van der Waals surface area contributed by atoms with Crippen LogP contribution < -0.4 is 4.18 Å². The van der Waals surface area contributed by atoms with Crippen LogP contribution in [0.25, 0.3) is 0 Å². The number of carbonyl (C=O) groups is 1. The summed E-state index contributed by atoms with van der Waals surface area (Å²) in [6.07, 6.45) is -1.38. The van der Waals surface area contributed by atoms with E-state index in [2.05, 4.69) is 4.18 Å². The molecular formula is C7H6O4S. The highest BCUT2D eigenvalue weighted by molar-refractivity contribution is 7.90. The SMILES string of the molecule is O=C(O)OSOc1ccccc1. The van der Waals surface area contributed by atoms with Gasteiger partial charge >= 0.3 is 6.16 Å². The van der Waals surface area contributed by atoms with Crippen LogP contribution in [0.15, 0.2) is 30.3 Å². The summed E-state index contributed by atoms with van der Waals surface area (Å²) >= 11 is 0.415. The zero-order valence-electron chi connectivity index (χ0n) is 5.97. The molecule has 0 aliphatic heterocycles. The fourth-order valence-corrected chi connectivity index (χ4v) is 0.843. The lowest BCUT2D eigenvalue weighted by Gasteiger charge is -1.99. The molecule has 0 fully saturated rings. The third kappa shape index (κ3) is 3.16. The van der Waals surface area contributed by atoms with E-state index < -0.39 is 6.16 Å². The van der Waals surface area contributed by atoms with Gasteiger partial charge in [-0.2, -0.15) is 0 Å². The molecule has 1 rings (SSSR count). The first-order valence-corrected chi connectivity index (χ1v) is 3.75. The molecule has 0 atom stereocenters. The molecule has 64 valence electrons. The van der Waals surface area contributed by atoms with Crippen molar-refractivity contribution in [2.45, 2.75) is 0 Å². The molecular weight excluding hydrogens is 180 g/mol. The van der Waals surface area contributed by atoms with Crippen LogP contribution in [0.2, 0.25) is 0 Å². The average Bonchev–Trinajstić information content (AvgIpc) is 2.05. The lowest BCUT2D eigenvalue weighted by atomic mass is 10.3. The van der Waals surface area contributed by atoms with Crippen LogP contribution in [-0.2, 0) is 4.18 Å². The van der Waals surface area contributed by atoms with E-state index in [0.717, 1.165) is 0 Å². The van der Waals surface area contributed by atoms with Gasteiger partial charge in [-0.3, -0.25) is 0 Å². The molecule has 4 nitrogen and oxygen atoms in total. The molecule has 0 radical (unpaired) electrons. The first-order chi connectivity index (χ1) is 5.79. The number of rotatable bonds is 3. The largest absolute Gasteiger partial charge is 0.520 e. The van der Waals surface area contributed by atoms with E-state index >= 15 is 0 Å². The summed E-state index contributed by atoms with van der Waals surface area (Å²) in [6.45, 7) is 0. The zero-order chi connectivity index (χ0) is 8.81. The van der Waals surface area contributed by atoms with Crippen molar-refractivity contribution in [3.63, 3.8) is 0 Å². The molecule has 0 spiro atoms. The Morgan fingerprint density at radius 3 is 2.58 bits per heavy atom. The number of carboxylic acid groups (broad SMARTS) is 1. The standard InChI is InChI=1S/C7H6O4S/c8-7(9)11-12-10-6-4-2-1-3-5-6/h1-5H,(H,8,9). The highest BCUT2D eigenvalue weighted by Crippen LogP contribution is 2.15. The van der Waals surface area contributed by atoms with Gasteiger partial charge in [0.05, 0.1) is 0 Å². The van der Waals surface area contributed by atoms with Gasteiger partial charge in [-0.25, -0.2) is 4.79 Å². The Bertz CT molecular complexity index is 249. The Balaban J connectivity index is 2.29. The Labute approximate surface area is 73.5 Å². The van der Waals surface area contributed by atoms with Crippen LogP contribution in [0.4, 0.5) is 4.79 Å². The average molecular weight is 186 g/mol. The van der Waals surface area contributed by atoms with Crippen molar-refractivity contribution in [1.29, 1.82) is 0 Å². The van der Waals surface area contributed by atoms with Gasteiger partial charge in [0.2, 0.25) is 0 Å². The molecule has 0 aliphatic carbocycles. The molecule has 0 unspecified atom stereocenters. The Kier molecular flexibility index (Phi) is 3.28. The van der Waals surface area contributed by atoms with Gasteiger partial charge in [0, 0.05) is 0 Å². The van der Waals surface area contributed by atoms with Gasteiger partial charge < -0.3 is 13.5 Å². The smallest absolute Gasteiger partial charge is 0.449 e. The van der Waals surface area contributed by atoms with Crippen molar-refractivity contribution >= 4 is 18.5 Å². The van der Waals surface area contributed by atoms with E-state index in [1.54, 1.807) is 24.3 Å². The van der Waals surface area contributed by atoms with Gasteiger partial charge in [0.1, 0.15) is 5.75 Å². The fraction of sp³-hybridized carbons (Fsp3) is 0. The molecule has 0 heterocycles. The monoisotopic (exact) mass is 186 g/mol. The van der Waals surface area contributed by atoms with E-state index in [4.69, 9.17) is 9.29 Å². The third-order valence-electron chi connectivity index (χ3n) is 0.979. The quantitative estimate of drug-likeness (QED) is 0.734. The predicted molar refractivity (Wildman–Crippen MR) is 43.8 cm³/mol. The maximum absolute atomic E-state index is 9.87. The molecule has 12 heavy (non-hydrogen) atoms. The van der Waals surface area contributed by atoms with Crippen molar-refractivity contribution < 1.29 is 18.3 Å². The van der Waals surface area contributed by atoms with Gasteiger partial charge in [0.25, 0.3) is 12.3 Å². The molecule has 1 aromatic rings. The maximum atomic E-state index is 9.87. The zero-order valence-corrected chi connectivity index (χ0v) is 6.78. The molecule has 0 saturated carbocycles. The van der Waals surface area contributed by atoms with Crippen molar-refractivity contribution in [3.05, 3.63) is 30.3 Å². The topological polar surface area (TPSA) is 55.8 Å². The summed E-state index contributed by atoms with van der Waals surface area (Å²) in [5.41, 5.74) is 0. The minimum Gasteiger partial charge on any atom is -0.449 e. The van der Waals surface area contributed by atoms with Gasteiger partial charge in [-0.05, 0) is 12.1 Å². The van der Waals surface area contributed by atoms with Crippen LogP contribution >= 0.6 is 12.3 Å². The molecule has 0 aromatic heterocycles. The molecule has 1 aromatic carbocycles. The van der Waals surface area contributed by atoms with Crippen molar-refractivity contribution in [1.82, 2.24) is 0 Å². The summed E-state index contributed by atoms with van der Waals surface area (Å²) in [7, 11) is 0. The molecule has 0 aliphatic rings. The summed E-state index contributed by atoms with van der Waals surface area (Å²) in [6, 6.07) is 8.76. The second-order valence-electron chi connectivity index (χ2n) is 1.81. The number of para-hydroxylation sites is 1. The molecule has 5 heteroatoms. The van der Waals surface area contributed by atoms with Crippen molar-refractivity contribution in [2.24, 2.45) is 0 Å². The number of benzene rings is 1. The Morgan fingerprint density at radius 2 is 2.00 bits per heavy atom. The number of hydrogen-bond donors (Lipinski definition) is 1. The van der Waals surface area contributed by atoms with Crippen LogP contribution in [-0.4, -0.2) is 11.3 Å². The summed E-state index contributed by atoms with van der Waals surface area (Å²) in [5, 5.41) is 8.07. The number of hydrogen-bond acceptors (Lipinski definition) is 4. The van der Waals surface area contributed by atoms with Crippen molar-refractivity contribution in [3.8, 4) is 5.75 Å². The third-order valence-corrected chi connectivity index (χ3v) is 1.45. The van der Waals surface area contributed by atoms with E-state index in [0.29, 0.717) is 18.1 Å². The normalized spacial score (nSPS) is 9.00. The summed E-state index contributed by atoms with van der Waals surface area (Å²) in [5.74, 6) is 0.545. The molecule has 1 N–H and O–H groups in total. The minimum atomic E-state index is -1.38. The van der Waals surface area contributed by atoms with E-state index in [1.807, 2.05) is 6.07 Å². The van der Waals surface area contributed by atoms with Crippen LogP contribution in [0, 0.1) is 0 Å². The molecule has 0 amide bonds. The minimum absolute atomic E-state index is 0.415. The lowest BCUT2D eigenvalue weighted by Crippen LogP contribution is -1.93. The van der Waals surface area contributed by atoms with Gasteiger partial charge in [-0.15, -0.1) is 0 Å². The molecule has 0 saturated heterocycles. The summed E-state index contributed by atoms with van der Waals surface area (Å²) in [4.78, 5) is 9.87. The fourth-order valence-electron chi connectivity index (χ4n) is 0.561. The Hall–Kier alpha value is -1.36. The van der Waals surface area contributed by atoms with E-state index in [1.165, 1.54) is 0 Å². The first kappa shape index (κ1) is 8.73.